The molecular weight excluding hydrogens is 258 g/mol. The van der Waals surface area contributed by atoms with Crippen LogP contribution in [0, 0.1) is 0 Å². The fraction of sp³-hybridized carbons (Fsp3) is 0.867. The summed E-state index contributed by atoms with van der Waals surface area (Å²) in [5, 5.41) is 2.63. The van der Waals surface area contributed by atoms with E-state index in [0.717, 1.165) is 38.5 Å². The molecule has 0 bridgehead atoms. The maximum absolute atomic E-state index is 11.6. The Labute approximate surface area is 121 Å². The van der Waals surface area contributed by atoms with Gasteiger partial charge in [0.1, 0.15) is 6.10 Å². The summed E-state index contributed by atoms with van der Waals surface area (Å²) < 4.78 is 10.3. The molecule has 1 fully saturated rings. The Hall–Kier alpha value is -1.26. The molecule has 116 valence electrons. The van der Waals surface area contributed by atoms with E-state index < -0.39 is 6.09 Å². The Bertz CT molecular complexity index is 288. The minimum Gasteiger partial charge on any atom is -0.462 e. The SMILES string of the molecule is CCCCOC(=O)NCCCC(=O)OC1CCCCC1. The molecule has 5 heteroatoms. The number of hydrogen-bond donors (Lipinski definition) is 1. The van der Waals surface area contributed by atoms with Gasteiger partial charge in [0.2, 0.25) is 0 Å². The largest absolute Gasteiger partial charge is 0.462 e. The number of esters is 1. The quantitative estimate of drug-likeness (QED) is 0.549. The molecule has 0 aromatic carbocycles. The second kappa shape index (κ2) is 10.5. The van der Waals surface area contributed by atoms with Crippen molar-refractivity contribution in [1.29, 1.82) is 0 Å². The van der Waals surface area contributed by atoms with Gasteiger partial charge in [0.25, 0.3) is 0 Å². The normalized spacial score (nSPS) is 15.7. The van der Waals surface area contributed by atoms with Crippen LogP contribution in [-0.4, -0.2) is 31.3 Å². The average molecular weight is 285 g/mol. The van der Waals surface area contributed by atoms with E-state index in [1.54, 1.807) is 0 Å². The van der Waals surface area contributed by atoms with Gasteiger partial charge >= 0.3 is 12.1 Å². The van der Waals surface area contributed by atoms with Crippen LogP contribution >= 0.6 is 0 Å². The third-order valence-corrected chi connectivity index (χ3v) is 3.41. The smallest absolute Gasteiger partial charge is 0.407 e. The summed E-state index contributed by atoms with van der Waals surface area (Å²) in [7, 11) is 0. The summed E-state index contributed by atoms with van der Waals surface area (Å²) in [6.45, 7) is 2.94. The van der Waals surface area contributed by atoms with Crippen molar-refractivity contribution in [2.45, 2.75) is 70.8 Å². The highest BCUT2D eigenvalue weighted by Crippen LogP contribution is 2.20. The third-order valence-electron chi connectivity index (χ3n) is 3.41. The summed E-state index contributed by atoms with van der Waals surface area (Å²) in [5.74, 6) is -0.155. The van der Waals surface area contributed by atoms with Crippen molar-refractivity contribution >= 4 is 12.1 Å². The van der Waals surface area contributed by atoms with Crippen LogP contribution in [-0.2, 0) is 14.3 Å². The molecule has 0 heterocycles. The Balaban J connectivity index is 1.97. The van der Waals surface area contributed by atoms with Crippen molar-refractivity contribution in [1.82, 2.24) is 5.32 Å². The van der Waals surface area contributed by atoms with Gasteiger partial charge in [-0.05, 0) is 38.5 Å². The predicted octanol–water partition coefficient (Wildman–Crippen LogP) is 3.17. The molecule has 0 aromatic heterocycles. The zero-order valence-electron chi connectivity index (χ0n) is 12.5. The van der Waals surface area contributed by atoms with E-state index >= 15 is 0 Å². The van der Waals surface area contributed by atoms with Crippen LogP contribution in [0.1, 0.15) is 64.7 Å². The topological polar surface area (TPSA) is 64.6 Å². The number of nitrogens with one attached hydrogen (secondary N) is 1. The zero-order chi connectivity index (χ0) is 14.6. The van der Waals surface area contributed by atoms with Crippen LogP contribution < -0.4 is 5.32 Å². The number of hydrogen-bond acceptors (Lipinski definition) is 4. The van der Waals surface area contributed by atoms with Crippen molar-refractivity contribution in [3.8, 4) is 0 Å². The maximum atomic E-state index is 11.6. The zero-order valence-corrected chi connectivity index (χ0v) is 12.5. The number of rotatable bonds is 8. The van der Waals surface area contributed by atoms with Gasteiger partial charge in [0.05, 0.1) is 6.61 Å². The van der Waals surface area contributed by atoms with E-state index in [2.05, 4.69) is 5.32 Å². The van der Waals surface area contributed by atoms with E-state index in [0.29, 0.717) is 26.0 Å². The molecule has 20 heavy (non-hydrogen) atoms. The Kier molecular flexibility index (Phi) is 8.83. The first-order chi connectivity index (χ1) is 9.72. The first-order valence-corrected chi connectivity index (χ1v) is 7.82. The molecule has 1 aliphatic carbocycles. The maximum Gasteiger partial charge on any atom is 0.407 e. The van der Waals surface area contributed by atoms with Gasteiger partial charge in [0.15, 0.2) is 0 Å². The van der Waals surface area contributed by atoms with Gasteiger partial charge in [-0.1, -0.05) is 19.8 Å². The van der Waals surface area contributed by atoms with Gasteiger partial charge in [-0.3, -0.25) is 4.79 Å². The number of unbranched alkanes of at least 4 members (excludes halogenated alkanes) is 1. The second-order valence-electron chi connectivity index (χ2n) is 5.27. The molecule has 0 saturated heterocycles. The number of carbonyl (C=O) groups excluding carboxylic acids is 2. The van der Waals surface area contributed by atoms with Crippen LogP contribution in [0.15, 0.2) is 0 Å². The molecule has 1 aliphatic rings. The standard InChI is InChI=1S/C15H27NO4/c1-2-3-12-19-15(18)16-11-7-10-14(17)20-13-8-5-4-6-9-13/h13H,2-12H2,1H3,(H,16,18). The number of amides is 1. The van der Waals surface area contributed by atoms with Crippen LogP contribution in [0.2, 0.25) is 0 Å². The molecule has 0 atom stereocenters. The summed E-state index contributed by atoms with van der Waals surface area (Å²) in [4.78, 5) is 22.8. The molecule has 1 amide bonds. The van der Waals surface area contributed by atoms with E-state index in [9.17, 15) is 9.59 Å². The summed E-state index contributed by atoms with van der Waals surface area (Å²) in [6.07, 6.45) is 8.08. The average Bonchev–Trinajstić information content (AvgIpc) is 2.45. The van der Waals surface area contributed by atoms with Crippen LogP contribution in [0.25, 0.3) is 0 Å². The van der Waals surface area contributed by atoms with Crippen LogP contribution in [0.5, 0.6) is 0 Å². The van der Waals surface area contributed by atoms with Crippen molar-refractivity contribution in [3.05, 3.63) is 0 Å². The fourth-order valence-corrected chi connectivity index (χ4v) is 2.21. The van der Waals surface area contributed by atoms with Gasteiger partial charge in [0, 0.05) is 13.0 Å². The van der Waals surface area contributed by atoms with Crippen LogP contribution in [0.3, 0.4) is 0 Å². The van der Waals surface area contributed by atoms with Gasteiger partial charge in [-0.2, -0.15) is 0 Å². The van der Waals surface area contributed by atoms with Gasteiger partial charge in [-0.25, -0.2) is 4.79 Å². The highest BCUT2D eigenvalue weighted by molar-refractivity contribution is 5.70. The van der Waals surface area contributed by atoms with Crippen molar-refractivity contribution in [2.24, 2.45) is 0 Å². The molecule has 0 unspecified atom stereocenters. The molecule has 1 saturated carbocycles. The highest BCUT2D eigenvalue weighted by Gasteiger charge is 2.17. The monoisotopic (exact) mass is 285 g/mol. The molecular formula is C15H27NO4. The number of alkyl carbamates (subject to hydrolysis) is 1. The first-order valence-electron chi connectivity index (χ1n) is 7.82. The lowest BCUT2D eigenvalue weighted by atomic mass is 9.98. The molecule has 0 aromatic rings. The lowest BCUT2D eigenvalue weighted by molar-refractivity contribution is -0.150. The summed E-state index contributed by atoms with van der Waals surface area (Å²) >= 11 is 0. The molecule has 1 N–H and O–H groups in total. The van der Waals surface area contributed by atoms with E-state index in [1.165, 1.54) is 6.42 Å². The lowest BCUT2D eigenvalue weighted by Crippen LogP contribution is -2.26. The minimum absolute atomic E-state index is 0.114. The molecule has 0 spiro atoms. The Morgan fingerprint density at radius 3 is 2.60 bits per heavy atom. The highest BCUT2D eigenvalue weighted by atomic mass is 16.5. The van der Waals surface area contributed by atoms with Gasteiger partial charge < -0.3 is 14.8 Å². The molecule has 1 rings (SSSR count). The van der Waals surface area contributed by atoms with E-state index in [-0.39, 0.29) is 12.1 Å². The van der Waals surface area contributed by atoms with E-state index in [1.807, 2.05) is 6.92 Å². The molecule has 0 radical (unpaired) electrons. The Morgan fingerprint density at radius 2 is 1.90 bits per heavy atom. The van der Waals surface area contributed by atoms with Crippen molar-refractivity contribution in [2.75, 3.05) is 13.2 Å². The lowest BCUT2D eigenvalue weighted by Gasteiger charge is -2.21. The predicted molar refractivity (Wildman–Crippen MR) is 76.5 cm³/mol. The van der Waals surface area contributed by atoms with Crippen molar-refractivity contribution in [3.63, 3.8) is 0 Å². The Morgan fingerprint density at radius 1 is 1.15 bits per heavy atom. The van der Waals surface area contributed by atoms with E-state index in [4.69, 9.17) is 9.47 Å². The second-order valence-corrected chi connectivity index (χ2v) is 5.27. The minimum atomic E-state index is -0.404. The summed E-state index contributed by atoms with van der Waals surface area (Å²) in [6, 6.07) is 0. The van der Waals surface area contributed by atoms with Crippen LogP contribution in [0.4, 0.5) is 4.79 Å². The number of ether oxygens (including phenoxy) is 2. The third kappa shape index (κ3) is 8.02. The summed E-state index contributed by atoms with van der Waals surface area (Å²) in [5.41, 5.74) is 0. The van der Waals surface area contributed by atoms with Gasteiger partial charge in [-0.15, -0.1) is 0 Å². The van der Waals surface area contributed by atoms with Crippen molar-refractivity contribution < 1.29 is 19.1 Å². The fourth-order valence-electron chi connectivity index (χ4n) is 2.21. The molecule has 5 nitrogen and oxygen atoms in total. The number of carbonyl (C=O) groups is 2. The molecule has 0 aliphatic heterocycles. The first kappa shape index (κ1) is 16.8.